The fraction of sp³-hybridized carbons (Fsp3) is 0.217. The lowest BCUT2D eigenvalue weighted by molar-refractivity contribution is 0.991. The van der Waals surface area contributed by atoms with Crippen LogP contribution in [0.1, 0.15) is 24.3 Å². The minimum absolute atomic E-state index is 0.283. The van der Waals surface area contributed by atoms with Crippen LogP contribution in [0.2, 0.25) is 5.28 Å². The summed E-state index contributed by atoms with van der Waals surface area (Å²) in [5.41, 5.74) is 4.82. The van der Waals surface area contributed by atoms with Gasteiger partial charge in [-0.25, -0.2) is 4.98 Å². The molecule has 0 bridgehead atoms. The fourth-order valence-electron chi connectivity index (χ4n) is 3.58. The second kappa shape index (κ2) is 7.90. The van der Waals surface area contributed by atoms with Crippen LogP contribution in [0, 0.1) is 6.92 Å². The largest absolute Gasteiger partial charge is 0.326 e. The number of fused-ring (bicyclic) bond motifs is 1. The third kappa shape index (κ3) is 3.38. The zero-order chi connectivity index (χ0) is 19.7. The third-order valence-corrected chi connectivity index (χ3v) is 6.14. The van der Waals surface area contributed by atoms with Crippen LogP contribution in [0.25, 0.3) is 21.3 Å². The van der Waals surface area contributed by atoms with Crippen LogP contribution in [0.4, 0.5) is 11.5 Å². The molecule has 2 aromatic carbocycles. The predicted octanol–water partition coefficient (Wildman–Crippen LogP) is 7.04. The van der Waals surface area contributed by atoms with Crippen molar-refractivity contribution in [3.63, 3.8) is 0 Å². The Morgan fingerprint density at radius 2 is 1.68 bits per heavy atom. The predicted molar refractivity (Wildman–Crippen MR) is 121 cm³/mol. The molecular formula is C23H22ClN3S. The van der Waals surface area contributed by atoms with Crippen molar-refractivity contribution in [1.29, 1.82) is 0 Å². The fourth-order valence-corrected chi connectivity index (χ4v) is 4.84. The number of aromatic nitrogens is 2. The van der Waals surface area contributed by atoms with Crippen LogP contribution in [0.15, 0.2) is 54.6 Å². The number of anilines is 2. The molecule has 2 heterocycles. The second-order valence-electron chi connectivity index (χ2n) is 6.66. The van der Waals surface area contributed by atoms with Crippen molar-refractivity contribution in [3.8, 4) is 11.1 Å². The normalized spacial score (nSPS) is 11.1. The van der Waals surface area contributed by atoms with Gasteiger partial charge >= 0.3 is 0 Å². The van der Waals surface area contributed by atoms with Gasteiger partial charge in [-0.3, -0.25) is 0 Å². The van der Waals surface area contributed by atoms with Crippen molar-refractivity contribution in [2.24, 2.45) is 0 Å². The van der Waals surface area contributed by atoms with E-state index in [1.54, 1.807) is 11.3 Å². The summed E-state index contributed by atoms with van der Waals surface area (Å²) in [5, 5.41) is 1.35. The lowest BCUT2D eigenvalue weighted by Gasteiger charge is -2.23. The van der Waals surface area contributed by atoms with E-state index < -0.39 is 0 Å². The van der Waals surface area contributed by atoms with Crippen LogP contribution in [0.3, 0.4) is 0 Å². The zero-order valence-corrected chi connectivity index (χ0v) is 17.8. The molecule has 0 amide bonds. The number of benzene rings is 2. The molecule has 28 heavy (non-hydrogen) atoms. The van der Waals surface area contributed by atoms with Gasteiger partial charge in [-0.2, -0.15) is 4.98 Å². The van der Waals surface area contributed by atoms with Crippen LogP contribution < -0.4 is 4.90 Å². The minimum atomic E-state index is 0.283. The molecule has 0 aliphatic carbocycles. The van der Waals surface area contributed by atoms with Crippen molar-refractivity contribution in [3.05, 3.63) is 70.3 Å². The van der Waals surface area contributed by atoms with Crippen LogP contribution in [-0.2, 0) is 6.42 Å². The van der Waals surface area contributed by atoms with E-state index in [-0.39, 0.29) is 5.28 Å². The van der Waals surface area contributed by atoms with Gasteiger partial charge < -0.3 is 4.90 Å². The van der Waals surface area contributed by atoms with Gasteiger partial charge in [0.2, 0.25) is 5.28 Å². The molecule has 0 atom stereocenters. The molecule has 4 aromatic rings. The van der Waals surface area contributed by atoms with Crippen LogP contribution >= 0.6 is 22.9 Å². The summed E-state index contributed by atoms with van der Waals surface area (Å²) in [7, 11) is 0. The maximum atomic E-state index is 6.32. The van der Waals surface area contributed by atoms with E-state index in [2.05, 4.69) is 72.0 Å². The van der Waals surface area contributed by atoms with Gasteiger partial charge in [0, 0.05) is 22.7 Å². The monoisotopic (exact) mass is 407 g/mol. The summed E-state index contributed by atoms with van der Waals surface area (Å²) in [5.74, 6) is 0.864. The number of rotatable bonds is 5. The molecule has 0 unspecified atom stereocenters. The zero-order valence-electron chi connectivity index (χ0n) is 16.2. The molecule has 0 N–H and O–H groups in total. The number of halogens is 1. The highest BCUT2D eigenvalue weighted by molar-refractivity contribution is 7.19. The van der Waals surface area contributed by atoms with E-state index in [4.69, 9.17) is 11.6 Å². The van der Waals surface area contributed by atoms with Crippen molar-refractivity contribution < 1.29 is 0 Å². The molecule has 0 saturated heterocycles. The van der Waals surface area contributed by atoms with E-state index in [1.165, 1.54) is 21.6 Å². The Kier molecular flexibility index (Phi) is 5.33. The van der Waals surface area contributed by atoms with E-state index >= 15 is 0 Å². The lowest BCUT2D eigenvalue weighted by Crippen LogP contribution is -2.18. The number of aryl methyl sites for hydroxylation is 2. The molecule has 0 saturated carbocycles. The van der Waals surface area contributed by atoms with Crippen LogP contribution in [-0.4, -0.2) is 16.5 Å². The Morgan fingerprint density at radius 3 is 2.32 bits per heavy atom. The molecule has 3 nitrogen and oxygen atoms in total. The smallest absolute Gasteiger partial charge is 0.225 e. The van der Waals surface area contributed by atoms with E-state index in [1.807, 2.05) is 18.2 Å². The summed E-state index contributed by atoms with van der Waals surface area (Å²) in [6.45, 7) is 7.23. The van der Waals surface area contributed by atoms with Crippen molar-refractivity contribution in [2.75, 3.05) is 11.4 Å². The Hall–Kier alpha value is -2.43. The first-order valence-electron chi connectivity index (χ1n) is 9.50. The second-order valence-corrected chi connectivity index (χ2v) is 8.20. The molecule has 0 spiro atoms. The molecule has 2 aromatic heterocycles. The summed E-state index contributed by atoms with van der Waals surface area (Å²) in [4.78, 5) is 13.6. The SMILES string of the molecule is CCc1ccc(-c2c(C)sc3nc(Cl)nc(N(CC)c4ccccc4)c23)cc1. The van der Waals surface area contributed by atoms with Gasteiger partial charge in [0.15, 0.2) is 0 Å². The number of hydrogen-bond acceptors (Lipinski definition) is 4. The number of para-hydroxylation sites is 1. The number of nitrogens with zero attached hydrogens (tertiary/aromatic N) is 3. The lowest BCUT2D eigenvalue weighted by atomic mass is 10.0. The molecule has 5 heteroatoms. The highest BCUT2D eigenvalue weighted by Gasteiger charge is 2.22. The molecule has 0 aliphatic rings. The Balaban J connectivity index is 1.98. The standard InChI is InChI=1S/C23H22ClN3S/c1-4-16-11-13-17(14-12-16)19-15(3)28-22-20(19)21(25-23(24)26-22)27(5-2)18-9-7-6-8-10-18/h6-14H,4-5H2,1-3H3. The average molecular weight is 408 g/mol. The summed E-state index contributed by atoms with van der Waals surface area (Å²) < 4.78 is 0. The average Bonchev–Trinajstić information content (AvgIpc) is 3.05. The van der Waals surface area contributed by atoms with Crippen molar-refractivity contribution in [1.82, 2.24) is 9.97 Å². The number of thiophene rings is 1. The highest BCUT2D eigenvalue weighted by Crippen LogP contribution is 2.43. The third-order valence-electron chi connectivity index (χ3n) is 4.97. The van der Waals surface area contributed by atoms with Crippen molar-refractivity contribution in [2.45, 2.75) is 27.2 Å². The Labute approximate surface area is 174 Å². The minimum Gasteiger partial charge on any atom is -0.326 e. The Morgan fingerprint density at radius 1 is 0.964 bits per heavy atom. The molecule has 0 aliphatic heterocycles. The molecular weight excluding hydrogens is 386 g/mol. The van der Waals surface area contributed by atoms with E-state index in [0.29, 0.717) is 0 Å². The molecule has 0 radical (unpaired) electrons. The van der Waals surface area contributed by atoms with Gasteiger partial charge in [0.05, 0.1) is 5.39 Å². The maximum absolute atomic E-state index is 6.32. The van der Waals surface area contributed by atoms with Gasteiger partial charge in [-0.1, -0.05) is 49.4 Å². The topological polar surface area (TPSA) is 29.0 Å². The first-order chi connectivity index (χ1) is 13.6. The van der Waals surface area contributed by atoms with Crippen LogP contribution in [0.5, 0.6) is 0 Å². The first-order valence-corrected chi connectivity index (χ1v) is 10.7. The number of hydrogen-bond donors (Lipinski definition) is 0. The summed E-state index contributed by atoms with van der Waals surface area (Å²) in [6.07, 6.45) is 1.03. The van der Waals surface area contributed by atoms with Gasteiger partial charge in [-0.05, 0) is 55.1 Å². The molecule has 0 fully saturated rings. The van der Waals surface area contributed by atoms with Gasteiger partial charge in [0.1, 0.15) is 10.6 Å². The van der Waals surface area contributed by atoms with E-state index in [9.17, 15) is 0 Å². The van der Waals surface area contributed by atoms with E-state index in [0.717, 1.165) is 34.7 Å². The summed E-state index contributed by atoms with van der Waals surface area (Å²) >= 11 is 7.99. The highest BCUT2D eigenvalue weighted by atomic mass is 35.5. The van der Waals surface area contributed by atoms with Gasteiger partial charge in [-0.15, -0.1) is 11.3 Å². The van der Waals surface area contributed by atoms with Gasteiger partial charge in [0.25, 0.3) is 0 Å². The Bertz CT molecular complexity index is 1100. The maximum Gasteiger partial charge on any atom is 0.225 e. The first kappa shape index (κ1) is 18.9. The molecule has 142 valence electrons. The summed E-state index contributed by atoms with van der Waals surface area (Å²) in [6, 6.07) is 19.1. The molecule has 4 rings (SSSR count). The van der Waals surface area contributed by atoms with Crippen molar-refractivity contribution >= 4 is 44.7 Å². The quantitative estimate of drug-likeness (QED) is 0.332.